The van der Waals surface area contributed by atoms with Crippen molar-refractivity contribution in [1.82, 2.24) is 5.43 Å². The van der Waals surface area contributed by atoms with E-state index in [-0.39, 0.29) is 0 Å². The molecule has 118 valence electrons. The topological polar surface area (TPSA) is 36.8 Å². The van der Waals surface area contributed by atoms with Gasteiger partial charge in [-0.15, -0.1) is 11.3 Å². The van der Waals surface area contributed by atoms with E-state index in [0.717, 1.165) is 33.2 Å². The second-order valence-corrected chi connectivity index (χ2v) is 6.92. The Balaban J connectivity index is 1.88. The van der Waals surface area contributed by atoms with Crippen molar-refractivity contribution >= 4 is 40.2 Å². The number of benzene rings is 2. The predicted molar refractivity (Wildman–Crippen MR) is 102 cm³/mol. The third-order valence-corrected chi connectivity index (χ3v) is 4.91. The van der Waals surface area contributed by atoms with Crippen LogP contribution in [-0.2, 0) is 0 Å². The van der Waals surface area contributed by atoms with Crippen LogP contribution < -0.4 is 5.43 Å². The van der Waals surface area contributed by atoms with Gasteiger partial charge in [-0.1, -0.05) is 47.5 Å². The highest BCUT2D eigenvalue weighted by molar-refractivity contribution is 7.12. The third kappa shape index (κ3) is 2.86. The largest absolute Gasteiger partial charge is 0.260 e. The van der Waals surface area contributed by atoms with Gasteiger partial charge in [0.05, 0.1) is 10.6 Å². The highest BCUT2D eigenvalue weighted by atomic mass is 35.5. The molecule has 0 spiro atoms. The van der Waals surface area contributed by atoms with Crippen molar-refractivity contribution < 1.29 is 0 Å². The first-order valence-corrected chi connectivity index (χ1v) is 8.80. The number of nitrogens with zero attached hydrogens (tertiary/aromatic N) is 2. The van der Waals surface area contributed by atoms with E-state index in [9.17, 15) is 0 Å². The molecular weight excluding hydrogens is 338 g/mol. The average molecular weight is 352 g/mol. The molecule has 24 heavy (non-hydrogen) atoms. The Morgan fingerprint density at radius 1 is 1.04 bits per heavy atom. The first-order chi connectivity index (χ1) is 11.7. The lowest BCUT2D eigenvalue weighted by Crippen LogP contribution is -2.18. The summed E-state index contributed by atoms with van der Waals surface area (Å²) in [4.78, 5) is 5.80. The highest BCUT2D eigenvalue weighted by Crippen LogP contribution is 2.29. The van der Waals surface area contributed by atoms with Crippen molar-refractivity contribution in [2.75, 3.05) is 0 Å². The quantitative estimate of drug-likeness (QED) is 0.681. The summed E-state index contributed by atoms with van der Waals surface area (Å²) in [5.41, 5.74) is 7.97. The summed E-state index contributed by atoms with van der Waals surface area (Å²) in [7, 11) is 0. The van der Waals surface area contributed by atoms with Crippen LogP contribution in [0.5, 0.6) is 0 Å². The molecule has 1 aromatic heterocycles. The molecule has 3 nitrogen and oxygen atoms in total. The number of aliphatic imine (C=N–C) groups is 1. The number of hydrogen-bond acceptors (Lipinski definition) is 4. The Morgan fingerprint density at radius 3 is 2.62 bits per heavy atom. The van der Waals surface area contributed by atoms with Gasteiger partial charge in [0.15, 0.2) is 5.84 Å². The zero-order chi connectivity index (χ0) is 16.5. The van der Waals surface area contributed by atoms with Gasteiger partial charge in [-0.25, -0.2) is 4.99 Å². The van der Waals surface area contributed by atoms with Gasteiger partial charge in [-0.3, -0.25) is 5.43 Å². The first-order valence-electron chi connectivity index (χ1n) is 7.54. The SMILES string of the molecule is Cc1ccc(C2=NNC(c3cccs3)=Nc3ccc(Cl)cc32)cc1. The third-order valence-electron chi connectivity index (χ3n) is 3.80. The molecule has 0 aliphatic carbocycles. The van der Waals surface area contributed by atoms with Crippen molar-refractivity contribution in [3.05, 3.63) is 86.6 Å². The Hall–Kier alpha value is -2.43. The molecule has 0 unspecified atom stereocenters. The maximum atomic E-state index is 6.22. The number of amidine groups is 1. The lowest BCUT2D eigenvalue weighted by atomic mass is 10.00. The minimum Gasteiger partial charge on any atom is -0.260 e. The summed E-state index contributed by atoms with van der Waals surface area (Å²) in [6, 6.07) is 18.0. The van der Waals surface area contributed by atoms with Crippen LogP contribution >= 0.6 is 22.9 Å². The summed E-state index contributed by atoms with van der Waals surface area (Å²) < 4.78 is 0. The van der Waals surface area contributed by atoms with Crippen molar-refractivity contribution in [2.24, 2.45) is 10.1 Å². The van der Waals surface area contributed by atoms with Gasteiger partial charge in [-0.05, 0) is 36.6 Å². The Morgan fingerprint density at radius 2 is 1.88 bits per heavy atom. The van der Waals surface area contributed by atoms with Gasteiger partial charge >= 0.3 is 0 Å². The maximum Gasteiger partial charge on any atom is 0.164 e. The van der Waals surface area contributed by atoms with Gasteiger partial charge in [0.1, 0.15) is 5.71 Å². The number of rotatable bonds is 2. The van der Waals surface area contributed by atoms with E-state index in [1.165, 1.54) is 5.56 Å². The molecule has 0 bridgehead atoms. The van der Waals surface area contributed by atoms with Crippen molar-refractivity contribution in [3.8, 4) is 0 Å². The van der Waals surface area contributed by atoms with E-state index in [2.05, 4.69) is 41.7 Å². The molecule has 4 rings (SSSR count). The molecule has 1 N–H and O–H groups in total. The Bertz CT molecular complexity index is 941. The fourth-order valence-corrected chi connectivity index (χ4v) is 3.40. The minimum absolute atomic E-state index is 0.670. The molecule has 0 amide bonds. The first kappa shape index (κ1) is 15.1. The fraction of sp³-hybridized carbons (Fsp3) is 0.0526. The van der Waals surface area contributed by atoms with E-state index in [0.29, 0.717) is 5.02 Å². The molecule has 1 aliphatic heterocycles. The average Bonchev–Trinajstić information content (AvgIpc) is 3.05. The summed E-state index contributed by atoms with van der Waals surface area (Å²) in [6.07, 6.45) is 0. The fourth-order valence-electron chi connectivity index (χ4n) is 2.56. The van der Waals surface area contributed by atoms with Gasteiger partial charge in [0.25, 0.3) is 0 Å². The van der Waals surface area contributed by atoms with E-state index in [1.807, 2.05) is 35.7 Å². The summed E-state index contributed by atoms with van der Waals surface area (Å²) >= 11 is 7.85. The number of halogens is 1. The Labute approximate surface area is 149 Å². The minimum atomic E-state index is 0.670. The number of aryl methyl sites for hydroxylation is 1. The van der Waals surface area contributed by atoms with Gasteiger partial charge in [-0.2, -0.15) is 5.10 Å². The standard InChI is InChI=1S/C19H14ClN3S/c1-12-4-6-13(7-5-12)18-15-11-14(20)8-9-16(15)21-19(23-22-18)17-3-2-10-24-17/h2-11H,1H3,(H,21,23). The molecule has 1 aliphatic rings. The van der Waals surface area contributed by atoms with E-state index in [1.54, 1.807) is 11.3 Å². The van der Waals surface area contributed by atoms with Gasteiger partial charge in [0.2, 0.25) is 0 Å². The van der Waals surface area contributed by atoms with Crippen LogP contribution in [0.1, 0.15) is 21.6 Å². The normalized spacial score (nSPS) is 13.4. The van der Waals surface area contributed by atoms with Gasteiger partial charge in [0, 0.05) is 16.1 Å². The van der Waals surface area contributed by atoms with E-state index >= 15 is 0 Å². The summed E-state index contributed by atoms with van der Waals surface area (Å²) in [6.45, 7) is 2.07. The number of hydrogen-bond donors (Lipinski definition) is 1. The second-order valence-electron chi connectivity index (χ2n) is 5.54. The Kier molecular flexibility index (Phi) is 3.92. The van der Waals surface area contributed by atoms with Crippen LogP contribution in [-0.4, -0.2) is 11.5 Å². The molecule has 0 fully saturated rings. The van der Waals surface area contributed by atoms with E-state index < -0.39 is 0 Å². The lowest BCUT2D eigenvalue weighted by molar-refractivity contribution is 1.03. The summed E-state index contributed by atoms with van der Waals surface area (Å²) in [5, 5.41) is 7.32. The van der Waals surface area contributed by atoms with Crippen molar-refractivity contribution in [2.45, 2.75) is 6.92 Å². The van der Waals surface area contributed by atoms with Crippen LogP contribution in [0.25, 0.3) is 0 Å². The molecule has 0 radical (unpaired) electrons. The number of fused-ring (bicyclic) bond motifs is 1. The molecule has 0 saturated heterocycles. The highest BCUT2D eigenvalue weighted by Gasteiger charge is 2.18. The molecule has 2 heterocycles. The van der Waals surface area contributed by atoms with Crippen LogP contribution in [0.3, 0.4) is 0 Å². The van der Waals surface area contributed by atoms with Gasteiger partial charge < -0.3 is 0 Å². The zero-order valence-corrected chi connectivity index (χ0v) is 14.5. The second kappa shape index (κ2) is 6.23. The molecule has 3 aromatic rings. The lowest BCUT2D eigenvalue weighted by Gasteiger charge is -2.08. The zero-order valence-electron chi connectivity index (χ0n) is 13.0. The molecule has 0 atom stereocenters. The molecule has 2 aromatic carbocycles. The molecular formula is C19H14ClN3S. The van der Waals surface area contributed by atoms with Crippen molar-refractivity contribution in [3.63, 3.8) is 0 Å². The monoisotopic (exact) mass is 351 g/mol. The number of thiophene rings is 1. The number of hydrazone groups is 1. The summed E-state index contributed by atoms with van der Waals surface area (Å²) in [5.74, 6) is 0.746. The van der Waals surface area contributed by atoms with Crippen molar-refractivity contribution in [1.29, 1.82) is 0 Å². The van der Waals surface area contributed by atoms with Crippen LogP contribution in [0, 0.1) is 6.92 Å². The smallest absolute Gasteiger partial charge is 0.164 e. The molecule has 0 saturated carbocycles. The predicted octanol–water partition coefficient (Wildman–Crippen LogP) is 5.14. The van der Waals surface area contributed by atoms with Crippen LogP contribution in [0.15, 0.2) is 70.1 Å². The maximum absolute atomic E-state index is 6.22. The van der Waals surface area contributed by atoms with Crippen LogP contribution in [0.2, 0.25) is 5.02 Å². The number of nitrogens with one attached hydrogen (secondary N) is 1. The van der Waals surface area contributed by atoms with E-state index in [4.69, 9.17) is 16.6 Å². The van der Waals surface area contributed by atoms with Crippen LogP contribution in [0.4, 0.5) is 5.69 Å². The molecule has 5 heteroatoms.